The lowest BCUT2D eigenvalue weighted by Crippen LogP contribution is -2.46. The van der Waals surface area contributed by atoms with E-state index in [0.29, 0.717) is 12.0 Å². The second kappa shape index (κ2) is 6.16. The molecule has 1 aromatic carbocycles. The number of likely N-dealkylation sites (tertiary alicyclic amines) is 1. The minimum atomic E-state index is -0.671. The average molecular weight is 319 g/mol. The second-order valence-electron chi connectivity index (χ2n) is 6.31. The van der Waals surface area contributed by atoms with Gasteiger partial charge < -0.3 is 14.5 Å². The Labute approximate surface area is 135 Å². The Hall–Kier alpha value is -2.15. The molecule has 0 radical (unpaired) electrons. The smallest absolute Gasteiger partial charge is 0.344 e. The van der Waals surface area contributed by atoms with Crippen LogP contribution in [0.25, 0.3) is 0 Å². The van der Waals surface area contributed by atoms with Gasteiger partial charge in [-0.05, 0) is 44.5 Å². The number of piperidine rings is 1. The predicted octanol–water partition coefficient (Wildman–Crippen LogP) is 1.91. The predicted molar refractivity (Wildman–Crippen MR) is 85.8 cm³/mol. The number of hydrogen-bond donors (Lipinski definition) is 0. The lowest BCUT2D eigenvalue weighted by molar-refractivity contribution is -0.385. The monoisotopic (exact) mass is 319 g/mol. The molecule has 0 bridgehead atoms. The summed E-state index contributed by atoms with van der Waals surface area (Å²) in [5.41, 5.74) is 0.665. The number of nitro benzene ring substituents is 1. The Bertz CT molecular complexity index is 634. The number of esters is 1. The van der Waals surface area contributed by atoms with E-state index in [-0.39, 0.29) is 11.3 Å². The molecule has 0 aliphatic carbocycles. The van der Waals surface area contributed by atoms with E-state index in [2.05, 4.69) is 16.8 Å². The number of methoxy groups -OCH3 is 1. The van der Waals surface area contributed by atoms with E-state index in [1.807, 2.05) is 0 Å². The summed E-state index contributed by atoms with van der Waals surface area (Å²) in [6.45, 7) is 3.01. The minimum Gasteiger partial charge on any atom is -0.465 e. The van der Waals surface area contributed by atoms with Crippen LogP contribution >= 0.6 is 0 Å². The van der Waals surface area contributed by atoms with Crippen LogP contribution in [0.1, 0.15) is 23.2 Å². The Balaban J connectivity index is 1.94. The molecule has 0 unspecified atom stereocenters. The second-order valence-corrected chi connectivity index (χ2v) is 6.31. The Morgan fingerprint density at radius 3 is 2.78 bits per heavy atom. The number of fused-ring (bicyclic) bond motifs is 1. The van der Waals surface area contributed by atoms with Gasteiger partial charge in [-0.15, -0.1) is 0 Å². The SMILES string of the molecule is COC(=O)c1cc(N2CC[C@@H]3CCN(C)C[C@H]32)ccc1[N+](=O)[O-]. The van der Waals surface area contributed by atoms with E-state index in [1.165, 1.54) is 19.6 Å². The van der Waals surface area contributed by atoms with Gasteiger partial charge >= 0.3 is 5.97 Å². The molecular formula is C16H21N3O4. The number of likely N-dealkylation sites (N-methyl/N-ethyl adjacent to an activating group) is 1. The van der Waals surface area contributed by atoms with Gasteiger partial charge in [0.25, 0.3) is 5.69 Å². The summed E-state index contributed by atoms with van der Waals surface area (Å²) in [5, 5.41) is 11.1. The van der Waals surface area contributed by atoms with E-state index in [4.69, 9.17) is 4.74 Å². The van der Waals surface area contributed by atoms with Crippen LogP contribution in [0.15, 0.2) is 18.2 Å². The van der Waals surface area contributed by atoms with E-state index >= 15 is 0 Å². The van der Waals surface area contributed by atoms with Crippen molar-refractivity contribution in [1.82, 2.24) is 4.90 Å². The summed E-state index contributed by atoms with van der Waals surface area (Å²) in [6.07, 6.45) is 2.30. The fraction of sp³-hybridized carbons (Fsp3) is 0.562. The first-order chi connectivity index (χ1) is 11.0. The van der Waals surface area contributed by atoms with Crippen molar-refractivity contribution in [2.75, 3.05) is 38.7 Å². The lowest BCUT2D eigenvalue weighted by atomic mass is 9.92. The number of carbonyl (C=O) groups is 1. The van der Waals surface area contributed by atoms with Gasteiger partial charge in [-0.3, -0.25) is 10.1 Å². The van der Waals surface area contributed by atoms with Crippen molar-refractivity contribution < 1.29 is 14.5 Å². The van der Waals surface area contributed by atoms with Crippen molar-refractivity contribution in [1.29, 1.82) is 0 Å². The number of benzene rings is 1. The maximum atomic E-state index is 11.9. The molecule has 7 heteroatoms. The first-order valence-corrected chi connectivity index (χ1v) is 7.83. The van der Waals surface area contributed by atoms with Crippen molar-refractivity contribution >= 4 is 17.3 Å². The molecule has 2 aliphatic rings. The fourth-order valence-corrected chi connectivity index (χ4v) is 3.75. The van der Waals surface area contributed by atoms with E-state index < -0.39 is 10.9 Å². The summed E-state index contributed by atoms with van der Waals surface area (Å²) in [5.74, 6) is -0.0157. The maximum Gasteiger partial charge on any atom is 0.344 e. The summed E-state index contributed by atoms with van der Waals surface area (Å²) in [6, 6.07) is 5.14. The highest BCUT2D eigenvalue weighted by Gasteiger charge is 2.38. The summed E-state index contributed by atoms with van der Waals surface area (Å²) >= 11 is 0. The average Bonchev–Trinajstić information content (AvgIpc) is 2.96. The highest BCUT2D eigenvalue weighted by atomic mass is 16.6. The number of nitro groups is 1. The van der Waals surface area contributed by atoms with Crippen LogP contribution in [0, 0.1) is 16.0 Å². The van der Waals surface area contributed by atoms with Crippen molar-refractivity contribution in [2.45, 2.75) is 18.9 Å². The van der Waals surface area contributed by atoms with Gasteiger partial charge in [-0.25, -0.2) is 4.79 Å². The topological polar surface area (TPSA) is 75.9 Å². The molecular weight excluding hydrogens is 298 g/mol. The van der Waals surface area contributed by atoms with Gasteiger partial charge in [0, 0.05) is 30.9 Å². The number of nitrogens with zero attached hydrogens (tertiary/aromatic N) is 3. The van der Waals surface area contributed by atoms with Crippen molar-refractivity contribution in [3.63, 3.8) is 0 Å². The van der Waals surface area contributed by atoms with Crippen LogP contribution in [-0.2, 0) is 4.74 Å². The molecule has 2 fully saturated rings. The zero-order valence-electron chi connectivity index (χ0n) is 13.4. The molecule has 2 heterocycles. The van der Waals surface area contributed by atoms with Crippen LogP contribution in [0.3, 0.4) is 0 Å². The number of ether oxygens (including phenoxy) is 1. The molecule has 124 valence electrons. The summed E-state index contributed by atoms with van der Waals surface area (Å²) < 4.78 is 4.70. The third-order valence-electron chi connectivity index (χ3n) is 4.98. The number of carbonyl (C=O) groups excluding carboxylic acids is 1. The molecule has 0 N–H and O–H groups in total. The Morgan fingerprint density at radius 1 is 1.35 bits per heavy atom. The fourth-order valence-electron chi connectivity index (χ4n) is 3.75. The molecule has 2 saturated heterocycles. The lowest BCUT2D eigenvalue weighted by Gasteiger charge is -2.37. The molecule has 0 aromatic heterocycles. The van der Waals surface area contributed by atoms with E-state index in [1.54, 1.807) is 12.1 Å². The zero-order chi connectivity index (χ0) is 16.6. The van der Waals surface area contributed by atoms with Gasteiger partial charge in [0.2, 0.25) is 0 Å². The third-order valence-corrected chi connectivity index (χ3v) is 4.98. The van der Waals surface area contributed by atoms with Gasteiger partial charge in [0.05, 0.1) is 12.0 Å². The van der Waals surface area contributed by atoms with E-state index in [9.17, 15) is 14.9 Å². The summed E-state index contributed by atoms with van der Waals surface area (Å²) in [4.78, 5) is 27.1. The largest absolute Gasteiger partial charge is 0.465 e. The Morgan fingerprint density at radius 2 is 2.09 bits per heavy atom. The first kappa shape index (κ1) is 15.7. The first-order valence-electron chi connectivity index (χ1n) is 7.83. The van der Waals surface area contributed by atoms with Crippen molar-refractivity contribution in [3.05, 3.63) is 33.9 Å². The highest BCUT2D eigenvalue weighted by molar-refractivity contribution is 5.95. The molecule has 7 nitrogen and oxygen atoms in total. The third kappa shape index (κ3) is 2.88. The van der Waals surface area contributed by atoms with Crippen LogP contribution in [0.5, 0.6) is 0 Å². The number of rotatable bonds is 3. The van der Waals surface area contributed by atoms with Crippen molar-refractivity contribution in [2.24, 2.45) is 5.92 Å². The molecule has 0 saturated carbocycles. The molecule has 0 spiro atoms. The zero-order valence-corrected chi connectivity index (χ0v) is 13.4. The van der Waals surface area contributed by atoms with E-state index in [0.717, 1.165) is 31.7 Å². The number of hydrogen-bond acceptors (Lipinski definition) is 6. The van der Waals surface area contributed by atoms with Gasteiger partial charge in [-0.2, -0.15) is 0 Å². The molecule has 23 heavy (non-hydrogen) atoms. The van der Waals surface area contributed by atoms with Crippen molar-refractivity contribution in [3.8, 4) is 0 Å². The number of anilines is 1. The van der Waals surface area contributed by atoms with Gasteiger partial charge in [0.15, 0.2) is 0 Å². The molecule has 2 aliphatic heterocycles. The molecule has 0 amide bonds. The standard InChI is InChI=1S/C16H21N3O4/c1-17-7-5-11-6-8-18(15(11)10-17)12-3-4-14(19(21)22)13(9-12)16(20)23-2/h3-4,9,11,15H,5-8,10H2,1-2H3/t11-,15+/m0/s1. The maximum absolute atomic E-state index is 11.9. The Kier molecular flexibility index (Phi) is 4.21. The van der Waals surface area contributed by atoms with Crippen LogP contribution < -0.4 is 4.90 Å². The molecule has 1 aromatic rings. The minimum absolute atomic E-state index is 0.0163. The van der Waals surface area contributed by atoms with Crippen LogP contribution in [0.2, 0.25) is 0 Å². The van der Waals surface area contributed by atoms with Gasteiger partial charge in [0.1, 0.15) is 5.56 Å². The summed E-state index contributed by atoms with van der Waals surface area (Å²) in [7, 11) is 3.35. The van der Waals surface area contributed by atoms with Gasteiger partial charge in [-0.1, -0.05) is 0 Å². The highest BCUT2D eigenvalue weighted by Crippen LogP contribution is 2.36. The van der Waals surface area contributed by atoms with Crippen LogP contribution in [-0.4, -0.2) is 55.6 Å². The molecule has 2 atom stereocenters. The normalized spacial score (nSPS) is 24.3. The quantitative estimate of drug-likeness (QED) is 0.481. The molecule has 3 rings (SSSR count). The van der Waals surface area contributed by atoms with Crippen LogP contribution in [0.4, 0.5) is 11.4 Å².